The van der Waals surface area contributed by atoms with E-state index >= 15 is 0 Å². The second-order valence-electron chi connectivity index (χ2n) is 7.42. The first-order valence-corrected chi connectivity index (χ1v) is 9.83. The zero-order valence-corrected chi connectivity index (χ0v) is 17.1. The van der Waals surface area contributed by atoms with E-state index in [9.17, 15) is 18.0 Å². The number of alkyl halides is 3. The number of nitrogens with zero attached hydrogens (tertiary/aromatic N) is 4. The van der Waals surface area contributed by atoms with E-state index in [0.29, 0.717) is 42.3 Å². The van der Waals surface area contributed by atoms with Crippen LogP contribution in [0.15, 0.2) is 48.8 Å². The molecule has 0 amide bonds. The summed E-state index contributed by atoms with van der Waals surface area (Å²) in [6, 6.07) is 12.4. The minimum atomic E-state index is -4.61. The first-order chi connectivity index (χ1) is 15.3. The lowest BCUT2D eigenvalue weighted by Crippen LogP contribution is -2.32. The molecule has 1 aromatic heterocycles. The van der Waals surface area contributed by atoms with E-state index in [1.807, 2.05) is 0 Å². The highest BCUT2D eigenvalue weighted by Gasteiger charge is 2.34. The molecule has 9 heteroatoms. The van der Waals surface area contributed by atoms with Gasteiger partial charge in [0.05, 0.1) is 29.4 Å². The molecule has 0 aliphatic carbocycles. The van der Waals surface area contributed by atoms with Gasteiger partial charge in [0.15, 0.2) is 5.78 Å². The van der Waals surface area contributed by atoms with E-state index in [0.717, 1.165) is 17.3 Å². The van der Waals surface area contributed by atoms with Crippen molar-refractivity contribution >= 4 is 23.0 Å². The maximum atomic E-state index is 13.3. The van der Waals surface area contributed by atoms with Crippen LogP contribution in [0, 0.1) is 11.3 Å². The smallest absolute Gasteiger partial charge is 0.365 e. The molecule has 1 N–H and O–H groups in total. The van der Waals surface area contributed by atoms with Crippen LogP contribution in [0.4, 0.5) is 30.4 Å². The number of rotatable bonds is 4. The van der Waals surface area contributed by atoms with Gasteiger partial charge in [0.25, 0.3) is 0 Å². The monoisotopic (exact) mass is 437 g/mol. The molecule has 3 aromatic rings. The van der Waals surface area contributed by atoms with E-state index in [-0.39, 0.29) is 5.78 Å². The predicted octanol–water partition coefficient (Wildman–Crippen LogP) is 4.88. The molecule has 0 atom stereocenters. The van der Waals surface area contributed by atoms with Crippen LogP contribution in [0.2, 0.25) is 0 Å². The molecule has 0 fully saturated rings. The van der Waals surface area contributed by atoms with Gasteiger partial charge in [-0.1, -0.05) is 0 Å². The average molecular weight is 437 g/mol. The Morgan fingerprint density at radius 1 is 1.16 bits per heavy atom. The van der Waals surface area contributed by atoms with Crippen LogP contribution < -0.4 is 10.2 Å². The number of Topliss-reactive ketones (excluding diaryl/α,β-unsaturated/α-hetero) is 1. The van der Waals surface area contributed by atoms with E-state index in [1.165, 1.54) is 25.4 Å². The zero-order valence-electron chi connectivity index (χ0n) is 17.1. The number of anilines is 3. The molecule has 0 saturated carbocycles. The SMILES string of the molecule is CC(=O)c1ccc(Nc2ncnc3c2CCN(c2ccc(C#N)c(C(F)(F)F)c2)C3)cc1. The molecular formula is C23H18F3N5O. The van der Waals surface area contributed by atoms with Crippen LogP contribution in [-0.2, 0) is 19.1 Å². The molecule has 0 unspecified atom stereocenters. The van der Waals surface area contributed by atoms with Gasteiger partial charge >= 0.3 is 6.18 Å². The topological polar surface area (TPSA) is 81.9 Å². The molecule has 2 heterocycles. The number of carbonyl (C=O) groups excluding carboxylic acids is 1. The molecule has 0 spiro atoms. The maximum Gasteiger partial charge on any atom is 0.417 e. The quantitative estimate of drug-likeness (QED) is 0.586. The Hall–Kier alpha value is -3.93. The Bertz CT molecular complexity index is 1220. The lowest BCUT2D eigenvalue weighted by Gasteiger charge is -2.31. The number of carbonyl (C=O) groups is 1. The Labute approximate surface area is 182 Å². The molecule has 4 rings (SSSR count). The normalized spacial score (nSPS) is 13.3. The molecule has 162 valence electrons. The van der Waals surface area contributed by atoms with Gasteiger partial charge in [-0.05, 0) is 55.8 Å². The average Bonchev–Trinajstić information content (AvgIpc) is 2.78. The van der Waals surface area contributed by atoms with Gasteiger partial charge in [0, 0.05) is 29.0 Å². The lowest BCUT2D eigenvalue weighted by atomic mass is 10.0. The molecule has 2 aromatic carbocycles. The highest BCUT2D eigenvalue weighted by Crippen LogP contribution is 2.36. The number of ketones is 1. The summed E-state index contributed by atoms with van der Waals surface area (Å²) in [4.78, 5) is 21.9. The first kappa shape index (κ1) is 21.3. The molecule has 1 aliphatic rings. The van der Waals surface area contributed by atoms with E-state index in [4.69, 9.17) is 5.26 Å². The summed E-state index contributed by atoms with van der Waals surface area (Å²) < 4.78 is 40.0. The number of hydrogen-bond donors (Lipinski definition) is 1. The Morgan fingerprint density at radius 2 is 1.91 bits per heavy atom. The van der Waals surface area contributed by atoms with Gasteiger partial charge in [-0.15, -0.1) is 0 Å². The summed E-state index contributed by atoms with van der Waals surface area (Å²) >= 11 is 0. The fourth-order valence-corrected chi connectivity index (χ4v) is 3.67. The van der Waals surface area contributed by atoms with Gasteiger partial charge in [-0.3, -0.25) is 4.79 Å². The lowest BCUT2D eigenvalue weighted by molar-refractivity contribution is -0.137. The molecule has 0 radical (unpaired) electrons. The standard InChI is InChI=1S/C23H18F3N5O/c1-14(32)15-2-5-17(6-3-15)30-22-19-8-9-31(12-21(19)28-13-29-22)18-7-4-16(11-27)20(10-18)23(24,25)26/h2-7,10,13H,8-9,12H2,1H3,(H,28,29,30). The van der Waals surface area contributed by atoms with Crippen molar-refractivity contribution in [2.24, 2.45) is 0 Å². The van der Waals surface area contributed by atoms with E-state index in [2.05, 4.69) is 15.3 Å². The number of fused-ring (bicyclic) bond motifs is 1. The molecule has 1 aliphatic heterocycles. The number of benzene rings is 2. The van der Waals surface area contributed by atoms with E-state index in [1.54, 1.807) is 35.2 Å². The van der Waals surface area contributed by atoms with Gasteiger partial charge in [0.1, 0.15) is 12.1 Å². The van der Waals surface area contributed by atoms with Crippen LogP contribution in [0.5, 0.6) is 0 Å². The van der Waals surface area contributed by atoms with Crippen LogP contribution in [-0.4, -0.2) is 22.3 Å². The molecule has 0 saturated heterocycles. The van der Waals surface area contributed by atoms with Crippen LogP contribution >= 0.6 is 0 Å². The third kappa shape index (κ3) is 4.25. The minimum absolute atomic E-state index is 0.0208. The van der Waals surface area contributed by atoms with E-state index < -0.39 is 17.3 Å². The van der Waals surface area contributed by atoms with Crippen molar-refractivity contribution < 1.29 is 18.0 Å². The molecule has 0 bridgehead atoms. The minimum Gasteiger partial charge on any atom is -0.365 e. The summed E-state index contributed by atoms with van der Waals surface area (Å²) in [6.45, 7) is 2.29. The van der Waals surface area contributed by atoms with Crippen LogP contribution in [0.1, 0.15) is 39.7 Å². The first-order valence-electron chi connectivity index (χ1n) is 9.83. The summed E-state index contributed by atoms with van der Waals surface area (Å²) in [5.74, 6) is 0.605. The van der Waals surface area contributed by atoms with Gasteiger partial charge < -0.3 is 10.2 Å². The van der Waals surface area contributed by atoms with Gasteiger partial charge in [0.2, 0.25) is 0 Å². The third-order valence-corrected chi connectivity index (χ3v) is 5.36. The van der Waals surface area contributed by atoms with Crippen molar-refractivity contribution in [2.45, 2.75) is 26.1 Å². The largest absolute Gasteiger partial charge is 0.417 e. The summed E-state index contributed by atoms with van der Waals surface area (Å²) in [6.07, 6.45) is -2.66. The highest BCUT2D eigenvalue weighted by molar-refractivity contribution is 5.94. The summed E-state index contributed by atoms with van der Waals surface area (Å²) in [5.41, 5.74) is 2.02. The highest BCUT2D eigenvalue weighted by atomic mass is 19.4. The van der Waals surface area contributed by atoms with Crippen molar-refractivity contribution in [1.29, 1.82) is 5.26 Å². The Balaban J connectivity index is 1.58. The molecular weight excluding hydrogens is 419 g/mol. The number of aromatic nitrogens is 2. The number of nitriles is 1. The zero-order chi connectivity index (χ0) is 22.9. The number of hydrogen-bond acceptors (Lipinski definition) is 6. The fourth-order valence-electron chi connectivity index (χ4n) is 3.67. The summed E-state index contributed by atoms with van der Waals surface area (Å²) in [5, 5.41) is 12.2. The third-order valence-electron chi connectivity index (χ3n) is 5.36. The van der Waals surface area contributed by atoms with Crippen LogP contribution in [0.25, 0.3) is 0 Å². The van der Waals surface area contributed by atoms with Crippen molar-refractivity contribution in [3.8, 4) is 6.07 Å². The maximum absolute atomic E-state index is 13.3. The molecule has 32 heavy (non-hydrogen) atoms. The second-order valence-corrected chi connectivity index (χ2v) is 7.42. The number of halogens is 3. The molecule has 6 nitrogen and oxygen atoms in total. The predicted molar refractivity (Wildman–Crippen MR) is 113 cm³/mol. The second kappa shape index (κ2) is 8.30. The van der Waals surface area contributed by atoms with Gasteiger partial charge in [-0.25, -0.2) is 9.97 Å². The Kier molecular flexibility index (Phi) is 5.53. The number of nitrogens with one attached hydrogen (secondary N) is 1. The summed E-state index contributed by atoms with van der Waals surface area (Å²) in [7, 11) is 0. The van der Waals surface area contributed by atoms with Crippen molar-refractivity contribution in [1.82, 2.24) is 9.97 Å². The van der Waals surface area contributed by atoms with Crippen molar-refractivity contribution in [2.75, 3.05) is 16.8 Å². The van der Waals surface area contributed by atoms with Gasteiger partial charge in [-0.2, -0.15) is 18.4 Å². The Morgan fingerprint density at radius 3 is 2.56 bits per heavy atom. The van der Waals surface area contributed by atoms with Crippen molar-refractivity contribution in [3.63, 3.8) is 0 Å². The fraction of sp³-hybridized carbons (Fsp3) is 0.217. The van der Waals surface area contributed by atoms with Crippen LogP contribution in [0.3, 0.4) is 0 Å². The van der Waals surface area contributed by atoms with Crippen molar-refractivity contribution in [3.05, 3.63) is 76.7 Å².